The molecule has 0 atom stereocenters. The van der Waals surface area contributed by atoms with Crippen LogP contribution in [0.15, 0.2) is 23.4 Å². The number of hydrogen-bond acceptors (Lipinski definition) is 6. The summed E-state index contributed by atoms with van der Waals surface area (Å²) in [5.41, 5.74) is 0.676. The first-order valence-electron chi connectivity index (χ1n) is 8.51. The molecule has 4 rings (SSSR count). The van der Waals surface area contributed by atoms with Crippen molar-refractivity contribution in [1.29, 1.82) is 0 Å². The molecule has 1 aliphatic rings. The quantitative estimate of drug-likeness (QED) is 0.448. The van der Waals surface area contributed by atoms with Crippen molar-refractivity contribution in [2.45, 2.75) is 43.6 Å². The van der Waals surface area contributed by atoms with Crippen LogP contribution in [-0.2, 0) is 10.5 Å². The Labute approximate surface area is 158 Å². The monoisotopic (exact) mass is 391 g/mol. The van der Waals surface area contributed by atoms with E-state index in [1.807, 2.05) is 13.0 Å². The van der Waals surface area contributed by atoms with Crippen LogP contribution in [0.3, 0.4) is 0 Å². The van der Waals surface area contributed by atoms with E-state index in [0.29, 0.717) is 27.6 Å². The van der Waals surface area contributed by atoms with Crippen LogP contribution in [-0.4, -0.2) is 27.3 Å². The maximum atomic E-state index is 14.5. The highest BCUT2D eigenvalue weighted by Gasteiger charge is 2.29. The molecule has 1 fully saturated rings. The molecule has 1 aliphatic carbocycles. The van der Waals surface area contributed by atoms with Crippen LogP contribution in [0.1, 0.15) is 46.9 Å². The molecule has 0 aliphatic heterocycles. The molecular formula is C18H18FN3O2S2. The van der Waals surface area contributed by atoms with E-state index < -0.39 is 5.97 Å². The summed E-state index contributed by atoms with van der Waals surface area (Å²) >= 11 is 2.77. The number of carbonyl (C=O) groups is 1. The molecule has 1 aromatic carbocycles. The minimum Gasteiger partial charge on any atom is -0.462 e. The SMILES string of the molecule is CCOC(=O)c1sc2cccc(F)c2c1CSc1nnc(C)n1C1CC1. The van der Waals surface area contributed by atoms with E-state index in [2.05, 4.69) is 14.8 Å². The largest absolute Gasteiger partial charge is 0.462 e. The number of fused-ring (bicyclic) bond motifs is 1. The number of carbonyl (C=O) groups excluding carboxylic acids is 1. The number of ether oxygens (including phenoxy) is 1. The van der Waals surface area contributed by atoms with Crippen molar-refractivity contribution in [2.24, 2.45) is 0 Å². The molecule has 2 heterocycles. The topological polar surface area (TPSA) is 57.0 Å². The van der Waals surface area contributed by atoms with Crippen molar-refractivity contribution in [3.05, 3.63) is 40.3 Å². The Morgan fingerprint density at radius 3 is 2.96 bits per heavy atom. The molecule has 136 valence electrons. The van der Waals surface area contributed by atoms with Crippen molar-refractivity contribution in [3.8, 4) is 0 Å². The molecule has 5 nitrogen and oxygen atoms in total. The van der Waals surface area contributed by atoms with Crippen molar-refractivity contribution in [2.75, 3.05) is 6.61 Å². The van der Waals surface area contributed by atoms with Gasteiger partial charge in [0.25, 0.3) is 0 Å². The first-order chi connectivity index (χ1) is 12.6. The molecule has 26 heavy (non-hydrogen) atoms. The summed E-state index contributed by atoms with van der Waals surface area (Å²) in [6.45, 7) is 4.00. The van der Waals surface area contributed by atoms with Crippen molar-refractivity contribution in [3.63, 3.8) is 0 Å². The van der Waals surface area contributed by atoms with Crippen LogP contribution in [0.5, 0.6) is 0 Å². The molecule has 0 amide bonds. The standard InChI is InChI=1S/C18H18FN3O2S2/c1-3-24-17(23)16-12(15-13(19)5-4-6-14(15)26-16)9-25-18-21-20-10(2)22(18)11-7-8-11/h4-6,11H,3,7-9H2,1-2H3. The summed E-state index contributed by atoms with van der Waals surface area (Å²) < 4.78 is 22.5. The second kappa shape index (κ2) is 7.00. The van der Waals surface area contributed by atoms with E-state index in [-0.39, 0.29) is 12.4 Å². The van der Waals surface area contributed by atoms with E-state index >= 15 is 0 Å². The first-order valence-corrected chi connectivity index (χ1v) is 10.3. The number of aromatic nitrogens is 3. The molecule has 0 N–H and O–H groups in total. The Morgan fingerprint density at radius 1 is 1.42 bits per heavy atom. The minimum absolute atomic E-state index is 0.289. The van der Waals surface area contributed by atoms with Gasteiger partial charge in [-0.1, -0.05) is 17.8 Å². The third kappa shape index (κ3) is 3.12. The zero-order valence-corrected chi connectivity index (χ0v) is 16.1. The van der Waals surface area contributed by atoms with Gasteiger partial charge in [-0.3, -0.25) is 0 Å². The smallest absolute Gasteiger partial charge is 0.348 e. The van der Waals surface area contributed by atoms with Crippen LogP contribution >= 0.6 is 23.1 Å². The average Bonchev–Trinajstić information content (AvgIpc) is 3.27. The first kappa shape index (κ1) is 17.5. The van der Waals surface area contributed by atoms with Crippen molar-refractivity contribution >= 4 is 39.2 Å². The lowest BCUT2D eigenvalue weighted by molar-refractivity contribution is 0.0531. The predicted octanol–water partition coefficient (Wildman–Crippen LogP) is 4.74. The Balaban J connectivity index is 1.71. The summed E-state index contributed by atoms with van der Waals surface area (Å²) in [5, 5.41) is 9.75. The number of aryl methyl sites for hydroxylation is 1. The number of rotatable bonds is 6. The fourth-order valence-electron chi connectivity index (χ4n) is 3.00. The Morgan fingerprint density at radius 2 is 2.23 bits per heavy atom. The summed E-state index contributed by atoms with van der Waals surface area (Å²) in [4.78, 5) is 12.8. The normalized spacial score (nSPS) is 14.1. The number of thioether (sulfide) groups is 1. The Kier molecular flexibility index (Phi) is 4.71. The van der Waals surface area contributed by atoms with E-state index in [9.17, 15) is 9.18 Å². The van der Waals surface area contributed by atoms with Gasteiger partial charge in [-0.25, -0.2) is 9.18 Å². The van der Waals surface area contributed by atoms with Gasteiger partial charge in [-0.2, -0.15) is 0 Å². The zero-order chi connectivity index (χ0) is 18.3. The predicted molar refractivity (Wildman–Crippen MR) is 100 cm³/mol. The summed E-state index contributed by atoms with van der Waals surface area (Å²) in [6, 6.07) is 5.38. The minimum atomic E-state index is -0.399. The molecule has 2 aromatic heterocycles. The maximum absolute atomic E-state index is 14.5. The fourth-order valence-corrected chi connectivity index (χ4v) is 5.31. The number of halogens is 1. The van der Waals surface area contributed by atoms with Crippen LogP contribution < -0.4 is 0 Å². The van der Waals surface area contributed by atoms with Crippen LogP contribution in [0.25, 0.3) is 10.1 Å². The molecule has 0 spiro atoms. The number of esters is 1. The second-order valence-electron chi connectivity index (χ2n) is 6.16. The molecule has 1 saturated carbocycles. The number of nitrogens with zero attached hydrogens (tertiary/aromatic N) is 3. The number of hydrogen-bond donors (Lipinski definition) is 0. The molecule has 0 radical (unpaired) electrons. The van der Waals surface area contributed by atoms with E-state index in [1.54, 1.807) is 13.0 Å². The molecule has 0 unspecified atom stereocenters. The summed E-state index contributed by atoms with van der Waals surface area (Å²) in [7, 11) is 0. The number of benzene rings is 1. The lowest BCUT2D eigenvalue weighted by Crippen LogP contribution is -2.05. The van der Waals surface area contributed by atoms with Crippen LogP contribution in [0, 0.1) is 12.7 Å². The Hall–Kier alpha value is -1.93. The van der Waals surface area contributed by atoms with Gasteiger partial charge in [-0.15, -0.1) is 21.5 Å². The highest BCUT2D eigenvalue weighted by molar-refractivity contribution is 7.98. The lowest BCUT2D eigenvalue weighted by atomic mass is 10.1. The van der Waals surface area contributed by atoms with Crippen molar-refractivity contribution in [1.82, 2.24) is 14.8 Å². The van der Waals surface area contributed by atoms with Gasteiger partial charge in [0.1, 0.15) is 16.5 Å². The maximum Gasteiger partial charge on any atom is 0.348 e. The molecule has 0 saturated heterocycles. The van der Waals surface area contributed by atoms with Gasteiger partial charge in [0.2, 0.25) is 0 Å². The zero-order valence-electron chi connectivity index (χ0n) is 14.5. The molecular weight excluding hydrogens is 373 g/mol. The van der Waals surface area contributed by atoms with E-state index in [1.165, 1.54) is 29.2 Å². The van der Waals surface area contributed by atoms with Crippen LogP contribution in [0.2, 0.25) is 0 Å². The van der Waals surface area contributed by atoms with Crippen LogP contribution in [0.4, 0.5) is 4.39 Å². The third-order valence-electron chi connectivity index (χ3n) is 4.32. The van der Waals surface area contributed by atoms with Gasteiger partial charge in [0.05, 0.1) is 6.61 Å². The number of thiophene rings is 1. The molecule has 3 aromatic rings. The summed E-state index contributed by atoms with van der Waals surface area (Å²) in [6.07, 6.45) is 2.27. The lowest BCUT2D eigenvalue weighted by Gasteiger charge is -2.07. The van der Waals surface area contributed by atoms with Gasteiger partial charge >= 0.3 is 5.97 Å². The van der Waals surface area contributed by atoms with Gasteiger partial charge in [0.15, 0.2) is 5.16 Å². The van der Waals surface area contributed by atoms with Crippen molar-refractivity contribution < 1.29 is 13.9 Å². The van der Waals surface area contributed by atoms with Gasteiger partial charge in [-0.05, 0) is 44.4 Å². The second-order valence-corrected chi connectivity index (χ2v) is 8.16. The fraction of sp³-hybridized carbons (Fsp3) is 0.389. The molecule has 8 heteroatoms. The van der Waals surface area contributed by atoms with E-state index in [0.717, 1.165) is 28.5 Å². The third-order valence-corrected chi connectivity index (χ3v) is 6.46. The Bertz CT molecular complexity index is 978. The average molecular weight is 391 g/mol. The van der Waals surface area contributed by atoms with E-state index in [4.69, 9.17) is 4.74 Å². The summed E-state index contributed by atoms with van der Waals surface area (Å²) in [5.74, 6) is 0.621. The highest BCUT2D eigenvalue weighted by atomic mass is 32.2. The molecule has 0 bridgehead atoms. The highest BCUT2D eigenvalue weighted by Crippen LogP contribution is 2.41. The van der Waals surface area contributed by atoms with Gasteiger partial charge in [0, 0.05) is 21.9 Å². The van der Waals surface area contributed by atoms with Gasteiger partial charge < -0.3 is 9.30 Å².